The number of amides is 1. The second-order valence-corrected chi connectivity index (χ2v) is 3.96. The number of nitrogens with zero attached hydrogens (tertiary/aromatic N) is 1. The van der Waals surface area contributed by atoms with E-state index in [0.717, 1.165) is 22.6 Å². The summed E-state index contributed by atoms with van der Waals surface area (Å²) < 4.78 is 10.6. The predicted octanol–water partition coefficient (Wildman–Crippen LogP) is 1.99. The second-order valence-electron chi connectivity index (χ2n) is 3.96. The lowest BCUT2D eigenvalue weighted by atomic mass is 10.1. The standard InChI is InChI=1S/C13H19NO3/c1-9-12(16-4)7-6-11(13(9)17-5)8-14(3)10(2)15/h6-7H,8H2,1-5H3. The van der Waals surface area contributed by atoms with Crippen molar-refractivity contribution >= 4 is 5.91 Å². The number of ether oxygens (including phenoxy) is 2. The molecule has 0 aliphatic carbocycles. The van der Waals surface area contributed by atoms with Crippen LogP contribution in [0.25, 0.3) is 0 Å². The van der Waals surface area contributed by atoms with Gasteiger partial charge >= 0.3 is 0 Å². The van der Waals surface area contributed by atoms with Crippen molar-refractivity contribution < 1.29 is 14.3 Å². The molecule has 1 amide bonds. The summed E-state index contributed by atoms with van der Waals surface area (Å²) in [6.45, 7) is 4.02. The molecule has 0 heterocycles. The molecule has 0 aromatic heterocycles. The van der Waals surface area contributed by atoms with E-state index in [2.05, 4.69) is 0 Å². The summed E-state index contributed by atoms with van der Waals surface area (Å²) in [5.41, 5.74) is 1.92. The average Bonchev–Trinajstić information content (AvgIpc) is 2.29. The number of hydrogen-bond acceptors (Lipinski definition) is 3. The Kier molecular flexibility index (Phi) is 4.37. The molecular weight excluding hydrogens is 218 g/mol. The quantitative estimate of drug-likeness (QED) is 0.804. The Morgan fingerprint density at radius 3 is 2.41 bits per heavy atom. The van der Waals surface area contributed by atoms with Crippen molar-refractivity contribution in [3.05, 3.63) is 23.3 Å². The van der Waals surface area contributed by atoms with Gasteiger partial charge < -0.3 is 14.4 Å². The van der Waals surface area contributed by atoms with E-state index in [0.29, 0.717) is 6.54 Å². The highest BCUT2D eigenvalue weighted by atomic mass is 16.5. The van der Waals surface area contributed by atoms with E-state index in [9.17, 15) is 4.79 Å². The van der Waals surface area contributed by atoms with Crippen LogP contribution in [0.3, 0.4) is 0 Å². The van der Waals surface area contributed by atoms with Gasteiger partial charge in [-0.1, -0.05) is 0 Å². The van der Waals surface area contributed by atoms with Crippen molar-refractivity contribution in [1.29, 1.82) is 0 Å². The monoisotopic (exact) mass is 237 g/mol. The molecule has 0 radical (unpaired) electrons. The average molecular weight is 237 g/mol. The third-order valence-corrected chi connectivity index (χ3v) is 2.81. The molecule has 4 nitrogen and oxygen atoms in total. The van der Waals surface area contributed by atoms with Gasteiger partial charge in [-0.15, -0.1) is 0 Å². The van der Waals surface area contributed by atoms with Gasteiger partial charge in [-0.2, -0.15) is 0 Å². The van der Waals surface area contributed by atoms with Gasteiger partial charge in [-0.25, -0.2) is 0 Å². The molecule has 0 atom stereocenters. The Hall–Kier alpha value is -1.71. The molecule has 0 saturated carbocycles. The largest absolute Gasteiger partial charge is 0.496 e. The van der Waals surface area contributed by atoms with Crippen molar-refractivity contribution in [1.82, 2.24) is 4.90 Å². The Morgan fingerprint density at radius 2 is 1.94 bits per heavy atom. The minimum absolute atomic E-state index is 0.0283. The van der Waals surface area contributed by atoms with Gasteiger partial charge in [0.25, 0.3) is 0 Å². The van der Waals surface area contributed by atoms with E-state index in [1.54, 1.807) is 33.1 Å². The van der Waals surface area contributed by atoms with Gasteiger partial charge in [0.15, 0.2) is 0 Å². The number of benzene rings is 1. The van der Waals surface area contributed by atoms with E-state index < -0.39 is 0 Å². The molecule has 94 valence electrons. The van der Waals surface area contributed by atoms with E-state index in [-0.39, 0.29) is 5.91 Å². The Labute approximate surface area is 102 Å². The van der Waals surface area contributed by atoms with Crippen LogP contribution in [0.1, 0.15) is 18.1 Å². The van der Waals surface area contributed by atoms with Gasteiger partial charge in [0.1, 0.15) is 11.5 Å². The van der Waals surface area contributed by atoms with Gasteiger partial charge in [0.2, 0.25) is 5.91 Å². The van der Waals surface area contributed by atoms with Crippen LogP contribution in [-0.2, 0) is 11.3 Å². The lowest BCUT2D eigenvalue weighted by molar-refractivity contribution is -0.128. The van der Waals surface area contributed by atoms with Gasteiger partial charge in [0.05, 0.1) is 14.2 Å². The van der Waals surface area contributed by atoms with Crippen molar-refractivity contribution in [2.45, 2.75) is 20.4 Å². The Balaban J connectivity index is 3.08. The fourth-order valence-electron chi connectivity index (χ4n) is 1.73. The zero-order valence-electron chi connectivity index (χ0n) is 11.0. The maximum absolute atomic E-state index is 11.2. The molecule has 0 saturated heterocycles. The number of carbonyl (C=O) groups is 1. The SMILES string of the molecule is COc1ccc(CN(C)C(C)=O)c(OC)c1C. The molecule has 0 unspecified atom stereocenters. The molecule has 1 aromatic carbocycles. The van der Waals surface area contributed by atoms with Crippen LogP contribution in [0, 0.1) is 6.92 Å². The molecule has 0 aliphatic rings. The lowest BCUT2D eigenvalue weighted by Gasteiger charge is -2.19. The minimum Gasteiger partial charge on any atom is -0.496 e. The first-order valence-electron chi connectivity index (χ1n) is 5.43. The van der Waals surface area contributed by atoms with E-state index in [1.807, 2.05) is 19.1 Å². The molecular formula is C13H19NO3. The van der Waals surface area contributed by atoms with Crippen LogP contribution in [0.5, 0.6) is 11.5 Å². The summed E-state index contributed by atoms with van der Waals surface area (Å²) >= 11 is 0. The molecule has 0 bridgehead atoms. The Bertz CT molecular complexity index is 415. The van der Waals surface area contributed by atoms with Crippen molar-refractivity contribution in [3.8, 4) is 11.5 Å². The fraction of sp³-hybridized carbons (Fsp3) is 0.462. The summed E-state index contributed by atoms with van der Waals surface area (Å²) in [5, 5.41) is 0. The van der Waals surface area contributed by atoms with Crippen LogP contribution >= 0.6 is 0 Å². The summed E-state index contributed by atoms with van der Waals surface area (Å²) in [6, 6.07) is 3.81. The molecule has 0 N–H and O–H groups in total. The van der Waals surface area contributed by atoms with Crippen LogP contribution < -0.4 is 9.47 Å². The smallest absolute Gasteiger partial charge is 0.219 e. The van der Waals surface area contributed by atoms with Crippen LogP contribution in [0.15, 0.2) is 12.1 Å². The van der Waals surface area contributed by atoms with Crippen molar-refractivity contribution in [2.75, 3.05) is 21.3 Å². The first-order chi connectivity index (χ1) is 8.01. The summed E-state index contributed by atoms with van der Waals surface area (Å²) in [6.07, 6.45) is 0. The van der Waals surface area contributed by atoms with Gasteiger partial charge in [0, 0.05) is 31.6 Å². The molecule has 1 rings (SSSR count). The van der Waals surface area contributed by atoms with E-state index in [4.69, 9.17) is 9.47 Å². The van der Waals surface area contributed by atoms with E-state index in [1.165, 1.54) is 0 Å². The zero-order valence-corrected chi connectivity index (χ0v) is 11.0. The topological polar surface area (TPSA) is 38.8 Å². The summed E-state index contributed by atoms with van der Waals surface area (Å²) in [4.78, 5) is 12.9. The molecule has 0 aliphatic heterocycles. The molecule has 1 aromatic rings. The Morgan fingerprint density at radius 1 is 1.29 bits per heavy atom. The molecule has 4 heteroatoms. The third kappa shape index (κ3) is 2.90. The number of rotatable bonds is 4. The normalized spacial score (nSPS) is 9.94. The third-order valence-electron chi connectivity index (χ3n) is 2.81. The highest BCUT2D eigenvalue weighted by Crippen LogP contribution is 2.31. The zero-order chi connectivity index (χ0) is 13.0. The highest BCUT2D eigenvalue weighted by molar-refractivity contribution is 5.73. The van der Waals surface area contributed by atoms with Crippen LogP contribution in [0.4, 0.5) is 0 Å². The first kappa shape index (κ1) is 13.4. The first-order valence-corrected chi connectivity index (χ1v) is 5.43. The second kappa shape index (κ2) is 5.57. The predicted molar refractivity (Wildman–Crippen MR) is 66.4 cm³/mol. The molecule has 17 heavy (non-hydrogen) atoms. The number of methoxy groups -OCH3 is 2. The van der Waals surface area contributed by atoms with E-state index >= 15 is 0 Å². The molecule has 0 spiro atoms. The minimum atomic E-state index is 0.0283. The molecule has 0 fully saturated rings. The maximum atomic E-state index is 11.2. The number of carbonyl (C=O) groups excluding carboxylic acids is 1. The fourth-order valence-corrected chi connectivity index (χ4v) is 1.73. The summed E-state index contributed by atoms with van der Waals surface area (Å²) in [5.74, 6) is 1.59. The van der Waals surface area contributed by atoms with Crippen LogP contribution in [-0.4, -0.2) is 32.1 Å². The number of hydrogen-bond donors (Lipinski definition) is 0. The lowest BCUT2D eigenvalue weighted by Crippen LogP contribution is -2.23. The van der Waals surface area contributed by atoms with Crippen LogP contribution in [0.2, 0.25) is 0 Å². The maximum Gasteiger partial charge on any atom is 0.219 e. The van der Waals surface area contributed by atoms with Crippen molar-refractivity contribution in [3.63, 3.8) is 0 Å². The van der Waals surface area contributed by atoms with Crippen molar-refractivity contribution in [2.24, 2.45) is 0 Å². The van der Waals surface area contributed by atoms with Gasteiger partial charge in [-0.3, -0.25) is 4.79 Å². The summed E-state index contributed by atoms with van der Waals surface area (Å²) in [7, 11) is 5.02. The van der Waals surface area contributed by atoms with Gasteiger partial charge in [-0.05, 0) is 19.1 Å². The highest BCUT2D eigenvalue weighted by Gasteiger charge is 2.13.